The van der Waals surface area contributed by atoms with E-state index < -0.39 is 0 Å². The summed E-state index contributed by atoms with van der Waals surface area (Å²) in [7, 11) is 1.97. The number of thiol groups is 1. The van der Waals surface area contributed by atoms with E-state index in [1.807, 2.05) is 11.6 Å². The lowest BCUT2D eigenvalue weighted by Crippen LogP contribution is -2.24. The maximum Gasteiger partial charge on any atom is 0.190 e. The highest BCUT2D eigenvalue weighted by Crippen LogP contribution is 2.34. The van der Waals surface area contributed by atoms with E-state index in [2.05, 4.69) is 36.7 Å². The van der Waals surface area contributed by atoms with Crippen LogP contribution in [-0.4, -0.2) is 26.3 Å². The summed E-state index contributed by atoms with van der Waals surface area (Å²) in [6, 6.07) is 0. The van der Waals surface area contributed by atoms with Crippen molar-refractivity contribution in [2.75, 3.05) is 11.5 Å². The Bertz CT molecular complexity index is 286. The number of aromatic nitrogens is 3. The first-order chi connectivity index (χ1) is 7.17. The lowest BCUT2D eigenvalue weighted by molar-refractivity contribution is 0.357. The van der Waals surface area contributed by atoms with E-state index in [0.717, 1.165) is 29.5 Å². The minimum absolute atomic E-state index is 0.333. The Hall–Kier alpha value is -0.160. The van der Waals surface area contributed by atoms with Gasteiger partial charge in [-0.05, 0) is 24.0 Å². The predicted molar refractivity (Wildman–Crippen MR) is 68.6 cm³/mol. The van der Waals surface area contributed by atoms with Gasteiger partial charge in [0.25, 0.3) is 0 Å². The van der Waals surface area contributed by atoms with E-state index in [4.69, 9.17) is 0 Å². The summed E-state index contributed by atoms with van der Waals surface area (Å²) in [5.41, 5.74) is 0.333. The molecule has 0 aromatic carbocycles. The molecule has 0 atom stereocenters. The van der Waals surface area contributed by atoms with E-state index >= 15 is 0 Å². The maximum atomic E-state index is 4.46. The van der Waals surface area contributed by atoms with Crippen molar-refractivity contribution >= 4 is 24.4 Å². The highest BCUT2D eigenvalue weighted by molar-refractivity contribution is 7.99. The third kappa shape index (κ3) is 3.14. The van der Waals surface area contributed by atoms with Gasteiger partial charge in [-0.2, -0.15) is 12.6 Å². The molecule has 15 heavy (non-hydrogen) atoms. The zero-order chi connectivity index (χ0) is 11.3. The fraction of sp³-hybridized carbons (Fsp3) is 0.800. The van der Waals surface area contributed by atoms with Crippen molar-refractivity contribution in [2.45, 2.75) is 31.8 Å². The zero-order valence-corrected chi connectivity index (χ0v) is 11.3. The topological polar surface area (TPSA) is 30.7 Å². The van der Waals surface area contributed by atoms with Crippen LogP contribution >= 0.6 is 24.4 Å². The van der Waals surface area contributed by atoms with Gasteiger partial charge in [0.1, 0.15) is 6.33 Å². The molecule has 1 aromatic heterocycles. The average molecular weight is 245 g/mol. The molecule has 0 bridgehead atoms. The molecule has 0 radical (unpaired) electrons. The summed E-state index contributed by atoms with van der Waals surface area (Å²) in [6.07, 6.45) is 4.07. The minimum atomic E-state index is 0.333. The molecule has 5 heteroatoms. The summed E-state index contributed by atoms with van der Waals surface area (Å²) in [5.74, 6) is 2.00. The van der Waals surface area contributed by atoms with Crippen LogP contribution < -0.4 is 0 Å². The van der Waals surface area contributed by atoms with Crippen LogP contribution in [0.15, 0.2) is 11.5 Å². The molecular weight excluding hydrogens is 226 g/mol. The zero-order valence-electron chi connectivity index (χ0n) is 9.60. The monoisotopic (exact) mass is 245 g/mol. The van der Waals surface area contributed by atoms with E-state index in [1.54, 1.807) is 18.1 Å². The van der Waals surface area contributed by atoms with Gasteiger partial charge < -0.3 is 4.57 Å². The Morgan fingerprint density at radius 1 is 1.47 bits per heavy atom. The molecule has 0 aliphatic rings. The standard InChI is InChI=1S/C10H19N3S2/c1-4-10(5-2,6-14)7-15-9-12-11-8-13(9)3/h8,14H,4-7H2,1-3H3. The number of thioether (sulfide) groups is 1. The second-order valence-corrected chi connectivity index (χ2v) is 5.14. The number of aryl methyl sites for hydroxylation is 1. The highest BCUT2D eigenvalue weighted by Gasteiger charge is 2.25. The van der Waals surface area contributed by atoms with Gasteiger partial charge in [0.05, 0.1) is 0 Å². The molecule has 0 aliphatic carbocycles. The SMILES string of the molecule is CCC(CC)(CS)CSc1nncn1C. The van der Waals surface area contributed by atoms with Gasteiger partial charge in [-0.25, -0.2) is 0 Å². The Morgan fingerprint density at radius 3 is 2.53 bits per heavy atom. The van der Waals surface area contributed by atoms with Crippen LogP contribution in [0.25, 0.3) is 0 Å². The molecule has 0 unspecified atom stereocenters. The third-order valence-electron chi connectivity index (χ3n) is 3.01. The molecule has 0 N–H and O–H groups in total. The average Bonchev–Trinajstić information content (AvgIpc) is 2.67. The van der Waals surface area contributed by atoms with Crippen molar-refractivity contribution in [2.24, 2.45) is 12.5 Å². The number of hydrogen-bond acceptors (Lipinski definition) is 4. The van der Waals surface area contributed by atoms with Crippen LogP contribution in [0.5, 0.6) is 0 Å². The van der Waals surface area contributed by atoms with Gasteiger partial charge >= 0.3 is 0 Å². The molecule has 0 saturated carbocycles. The van der Waals surface area contributed by atoms with Crippen molar-refractivity contribution in [3.05, 3.63) is 6.33 Å². The third-order valence-corrected chi connectivity index (χ3v) is 5.07. The van der Waals surface area contributed by atoms with Crippen LogP contribution in [-0.2, 0) is 7.05 Å². The van der Waals surface area contributed by atoms with Crippen molar-refractivity contribution in [3.8, 4) is 0 Å². The molecule has 0 spiro atoms. The van der Waals surface area contributed by atoms with Gasteiger partial charge in [0.15, 0.2) is 5.16 Å². The maximum absolute atomic E-state index is 4.46. The fourth-order valence-corrected chi connectivity index (χ4v) is 3.36. The molecule has 1 aromatic rings. The van der Waals surface area contributed by atoms with Crippen molar-refractivity contribution in [1.29, 1.82) is 0 Å². The highest BCUT2D eigenvalue weighted by atomic mass is 32.2. The van der Waals surface area contributed by atoms with E-state index in [-0.39, 0.29) is 0 Å². The number of nitrogens with zero attached hydrogens (tertiary/aromatic N) is 3. The summed E-state index contributed by atoms with van der Waals surface area (Å²) >= 11 is 6.24. The molecule has 1 heterocycles. The van der Waals surface area contributed by atoms with Crippen LogP contribution in [0.2, 0.25) is 0 Å². The van der Waals surface area contributed by atoms with Crippen LogP contribution in [0.1, 0.15) is 26.7 Å². The van der Waals surface area contributed by atoms with E-state index in [0.29, 0.717) is 5.41 Å². The molecular formula is C10H19N3S2. The molecule has 86 valence electrons. The van der Waals surface area contributed by atoms with Gasteiger partial charge in [-0.3, -0.25) is 0 Å². The Labute approximate surface area is 101 Å². The molecule has 0 saturated heterocycles. The molecule has 1 rings (SSSR count). The van der Waals surface area contributed by atoms with Gasteiger partial charge in [-0.1, -0.05) is 25.6 Å². The summed E-state index contributed by atoms with van der Waals surface area (Å²) in [5, 5.41) is 8.93. The lowest BCUT2D eigenvalue weighted by atomic mass is 9.87. The van der Waals surface area contributed by atoms with Gasteiger partial charge in [-0.15, -0.1) is 10.2 Å². The molecule has 0 aliphatic heterocycles. The lowest BCUT2D eigenvalue weighted by Gasteiger charge is -2.28. The minimum Gasteiger partial charge on any atom is -0.312 e. The fourth-order valence-electron chi connectivity index (χ4n) is 1.34. The van der Waals surface area contributed by atoms with Gasteiger partial charge in [0, 0.05) is 12.8 Å². The predicted octanol–water partition coefficient (Wildman–Crippen LogP) is 2.64. The largest absolute Gasteiger partial charge is 0.312 e. The van der Waals surface area contributed by atoms with Crippen LogP contribution in [0.4, 0.5) is 0 Å². The second-order valence-electron chi connectivity index (χ2n) is 3.88. The second kappa shape index (κ2) is 5.80. The van der Waals surface area contributed by atoms with Crippen molar-refractivity contribution in [1.82, 2.24) is 14.8 Å². The van der Waals surface area contributed by atoms with E-state index in [1.165, 1.54) is 0 Å². The Balaban J connectivity index is 2.58. The van der Waals surface area contributed by atoms with Crippen LogP contribution in [0, 0.1) is 5.41 Å². The summed E-state index contributed by atoms with van der Waals surface area (Å²) < 4.78 is 1.96. The van der Waals surface area contributed by atoms with Crippen molar-refractivity contribution in [3.63, 3.8) is 0 Å². The first-order valence-electron chi connectivity index (χ1n) is 5.25. The Morgan fingerprint density at radius 2 is 2.13 bits per heavy atom. The normalized spacial score (nSPS) is 12.0. The first kappa shape index (κ1) is 12.9. The molecule has 0 fully saturated rings. The number of hydrogen-bond donors (Lipinski definition) is 1. The van der Waals surface area contributed by atoms with Crippen LogP contribution in [0.3, 0.4) is 0 Å². The van der Waals surface area contributed by atoms with Gasteiger partial charge in [0.2, 0.25) is 0 Å². The number of rotatable bonds is 6. The summed E-state index contributed by atoms with van der Waals surface area (Å²) in [4.78, 5) is 0. The summed E-state index contributed by atoms with van der Waals surface area (Å²) in [6.45, 7) is 4.47. The van der Waals surface area contributed by atoms with E-state index in [9.17, 15) is 0 Å². The Kier molecular flexibility index (Phi) is 4.99. The smallest absolute Gasteiger partial charge is 0.190 e. The first-order valence-corrected chi connectivity index (χ1v) is 6.87. The van der Waals surface area contributed by atoms with Crippen molar-refractivity contribution < 1.29 is 0 Å². The molecule has 3 nitrogen and oxygen atoms in total. The molecule has 0 amide bonds. The quantitative estimate of drug-likeness (QED) is 0.617.